The fourth-order valence-corrected chi connectivity index (χ4v) is 6.10. The molecule has 11 heteroatoms. The smallest absolute Gasteiger partial charge is 0.244 e. The number of methoxy groups -OCH3 is 1. The molecular weight excluding hydrogens is 480 g/mol. The van der Waals surface area contributed by atoms with Crippen molar-refractivity contribution in [1.29, 1.82) is 0 Å². The highest BCUT2D eigenvalue weighted by molar-refractivity contribution is 7.89. The van der Waals surface area contributed by atoms with Crippen LogP contribution in [0.5, 0.6) is 5.75 Å². The van der Waals surface area contributed by atoms with Gasteiger partial charge in [-0.25, -0.2) is 18.4 Å². The maximum atomic E-state index is 13.4. The number of carbonyl (C=O) groups excluding carboxylic acids is 1. The van der Waals surface area contributed by atoms with Crippen LogP contribution in [0.15, 0.2) is 53.4 Å². The number of amides is 1. The van der Waals surface area contributed by atoms with E-state index in [1.54, 1.807) is 12.1 Å². The lowest BCUT2D eigenvalue weighted by molar-refractivity contribution is -0.125. The fourth-order valence-electron chi connectivity index (χ4n) is 4.66. The largest absolute Gasteiger partial charge is 0.497 e. The number of anilines is 1. The summed E-state index contributed by atoms with van der Waals surface area (Å²) in [5.74, 6) is 1.60. The second-order valence-corrected chi connectivity index (χ2v) is 11.3. The van der Waals surface area contributed by atoms with Crippen LogP contribution in [0.25, 0.3) is 10.9 Å². The molecule has 0 radical (unpaired) electrons. The van der Waals surface area contributed by atoms with Gasteiger partial charge in [0.25, 0.3) is 0 Å². The summed E-state index contributed by atoms with van der Waals surface area (Å²) in [6.45, 7) is 5.13. The molecule has 3 aromatic rings. The summed E-state index contributed by atoms with van der Waals surface area (Å²) in [6, 6.07) is 13.5. The van der Waals surface area contributed by atoms with Gasteiger partial charge in [0.1, 0.15) is 23.4 Å². The Morgan fingerprint density at radius 2 is 1.78 bits per heavy atom. The van der Waals surface area contributed by atoms with E-state index in [-0.39, 0.29) is 29.8 Å². The van der Waals surface area contributed by atoms with Gasteiger partial charge in [-0.2, -0.15) is 4.31 Å². The third kappa shape index (κ3) is 4.61. The summed E-state index contributed by atoms with van der Waals surface area (Å²) in [4.78, 5) is 25.2. The van der Waals surface area contributed by atoms with Crippen molar-refractivity contribution in [2.45, 2.75) is 37.5 Å². The monoisotopic (exact) mass is 510 g/mol. The first kappa shape index (κ1) is 24.4. The van der Waals surface area contributed by atoms with Crippen molar-refractivity contribution in [1.82, 2.24) is 24.5 Å². The summed E-state index contributed by atoms with van der Waals surface area (Å²) in [7, 11) is -2.22. The number of sulfonamides is 1. The van der Waals surface area contributed by atoms with E-state index in [4.69, 9.17) is 14.7 Å². The molecule has 2 N–H and O–H groups in total. The van der Waals surface area contributed by atoms with Gasteiger partial charge in [0, 0.05) is 25.0 Å². The molecule has 0 aliphatic carbocycles. The number of nitrogens with zero attached hydrogens (tertiary/aromatic N) is 4. The number of para-hydroxylation sites is 1. The van der Waals surface area contributed by atoms with Crippen LogP contribution in [0.3, 0.4) is 0 Å². The van der Waals surface area contributed by atoms with Gasteiger partial charge in [-0.3, -0.25) is 9.69 Å². The minimum atomic E-state index is -3.75. The Hall–Kier alpha value is -3.28. The van der Waals surface area contributed by atoms with Crippen LogP contribution in [-0.4, -0.2) is 72.4 Å². The summed E-state index contributed by atoms with van der Waals surface area (Å²) in [5, 5.41) is 7.28. The number of hydrogen-bond donors (Lipinski definition) is 2. The number of rotatable bonds is 4. The summed E-state index contributed by atoms with van der Waals surface area (Å²) >= 11 is 0. The molecule has 190 valence electrons. The second-order valence-electron chi connectivity index (χ2n) is 9.41. The zero-order valence-corrected chi connectivity index (χ0v) is 21.3. The lowest BCUT2D eigenvalue weighted by Crippen LogP contribution is -2.62. The number of benzene rings is 2. The third-order valence-electron chi connectivity index (χ3n) is 6.70. The van der Waals surface area contributed by atoms with Gasteiger partial charge in [-0.15, -0.1) is 0 Å². The van der Waals surface area contributed by atoms with Gasteiger partial charge in [-0.1, -0.05) is 26.0 Å². The summed E-state index contributed by atoms with van der Waals surface area (Å²) in [6.07, 6.45) is -0.529. The molecule has 2 atom stereocenters. The normalized spacial score (nSPS) is 21.5. The van der Waals surface area contributed by atoms with E-state index >= 15 is 0 Å². The predicted molar refractivity (Wildman–Crippen MR) is 136 cm³/mol. The van der Waals surface area contributed by atoms with Gasteiger partial charge in [0.15, 0.2) is 0 Å². The third-order valence-corrected chi connectivity index (χ3v) is 8.57. The zero-order chi connectivity index (χ0) is 25.4. The van der Waals surface area contributed by atoms with Crippen LogP contribution in [0.4, 0.5) is 5.82 Å². The molecule has 0 spiro atoms. The van der Waals surface area contributed by atoms with Crippen molar-refractivity contribution >= 4 is 32.7 Å². The Morgan fingerprint density at radius 1 is 1.03 bits per heavy atom. The van der Waals surface area contributed by atoms with E-state index in [1.165, 1.54) is 23.5 Å². The standard InChI is InChI=1S/C25H30N6O4S/c1-16(2)23-25(32)28-22-15-31(36(33,34)18-10-8-17(35-3)9-11-18)13-12-30(22)14-21-26-20-7-5-4-6-19(20)24(27-21)29-23/h4-11,16,22-23H,12-15H2,1-3H3,(H,28,32)(H,26,27,29)/t22?,23-/m0/s1. The summed E-state index contributed by atoms with van der Waals surface area (Å²) < 4.78 is 33.4. The minimum absolute atomic E-state index is 0.0298. The molecule has 2 aliphatic heterocycles. The Kier molecular flexibility index (Phi) is 6.54. The molecule has 1 aromatic heterocycles. The first-order valence-corrected chi connectivity index (χ1v) is 13.4. The average molecular weight is 511 g/mol. The Bertz CT molecular complexity index is 1380. The molecular formula is C25H30N6O4S. The summed E-state index contributed by atoms with van der Waals surface area (Å²) in [5.41, 5.74) is 0.797. The molecule has 5 rings (SSSR count). The lowest BCUT2D eigenvalue weighted by Gasteiger charge is -2.41. The molecule has 2 bridgehead atoms. The quantitative estimate of drug-likeness (QED) is 0.548. The predicted octanol–water partition coefficient (Wildman–Crippen LogP) is 2.04. The Balaban J connectivity index is 1.48. The number of carbonyl (C=O) groups is 1. The Morgan fingerprint density at radius 3 is 2.50 bits per heavy atom. The SMILES string of the molecule is COc1ccc(S(=O)(=O)N2CCN3Cc4nc(c5ccccc5n4)N[C@@H](C(C)C)C(=O)NC3C2)cc1. The maximum Gasteiger partial charge on any atom is 0.244 e. The fraction of sp³-hybridized carbons (Fsp3) is 0.400. The highest BCUT2D eigenvalue weighted by atomic mass is 32.2. The minimum Gasteiger partial charge on any atom is -0.497 e. The van der Waals surface area contributed by atoms with Crippen LogP contribution in [0, 0.1) is 5.92 Å². The van der Waals surface area contributed by atoms with Crippen LogP contribution in [0.1, 0.15) is 19.7 Å². The van der Waals surface area contributed by atoms with Gasteiger partial charge in [0.05, 0.1) is 30.2 Å². The van der Waals surface area contributed by atoms with Gasteiger partial charge >= 0.3 is 0 Å². The number of aromatic nitrogens is 2. The molecule has 2 aliphatic rings. The molecule has 10 nitrogen and oxygen atoms in total. The molecule has 36 heavy (non-hydrogen) atoms. The topological polar surface area (TPSA) is 117 Å². The van der Waals surface area contributed by atoms with Gasteiger partial charge < -0.3 is 15.4 Å². The van der Waals surface area contributed by atoms with Crippen molar-refractivity contribution in [2.75, 3.05) is 32.1 Å². The van der Waals surface area contributed by atoms with Gasteiger partial charge in [0.2, 0.25) is 15.9 Å². The number of piperazine rings is 1. The van der Waals surface area contributed by atoms with Gasteiger partial charge in [-0.05, 0) is 42.3 Å². The highest BCUT2D eigenvalue weighted by Gasteiger charge is 2.37. The molecule has 1 amide bonds. The van der Waals surface area contributed by atoms with E-state index in [0.29, 0.717) is 30.5 Å². The van der Waals surface area contributed by atoms with Crippen molar-refractivity contribution in [3.05, 3.63) is 54.4 Å². The molecule has 0 saturated carbocycles. The van der Waals surface area contributed by atoms with E-state index in [9.17, 15) is 13.2 Å². The van der Waals surface area contributed by atoms with E-state index in [0.717, 1.165) is 10.9 Å². The highest BCUT2D eigenvalue weighted by Crippen LogP contribution is 2.26. The molecule has 3 heterocycles. The van der Waals surface area contributed by atoms with Crippen molar-refractivity contribution in [3.8, 4) is 5.75 Å². The first-order valence-electron chi connectivity index (χ1n) is 12.0. The lowest BCUT2D eigenvalue weighted by atomic mass is 10.0. The number of ether oxygens (including phenoxy) is 1. The molecule has 1 saturated heterocycles. The van der Waals surface area contributed by atoms with E-state index in [2.05, 4.69) is 10.6 Å². The molecule has 1 unspecified atom stereocenters. The van der Waals surface area contributed by atoms with Crippen LogP contribution in [-0.2, 0) is 21.4 Å². The van der Waals surface area contributed by atoms with Crippen LogP contribution < -0.4 is 15.4 Å². The van der Waals surface area contributed by atoms with E-state index < -0.39 is 22.2 Å². The molecule has 2 aromatic carbocycles. The van der Waals surface area contributed by atoms with Crippen molar-refractivity contribution in [3.63, 3.8) is 0 Å². The number of nitrogens with one attached hydrogen (secondary N) is 2. The maximum absolute atomic E-state index is 13.4. The van der Waals surface area contributed by atoms with Crippen molar-refractivity contribution < 1.29 is 17.9 Å². The first-order chi connectivity index (χ1) is 17.3. The zero-order valence-electron chi connectivity index (χ0n) is 20.5. The second kappa shape index (κ2) is 9.64. The molecule has 1 fully saturated rings. The number of hydrogen-bond acceptors (Lipinski definition) is 8. The Labute approximate surface area is 210 Å². The average Bonchev–Trinajstić information content (AvgIpc) is 2.87. The van der Waals surface area contributed by atoms with E-state index in [1.807, 2.05) is 43.0 Å². The van der Waals surface area contributed by atoms with Crippen LogP contribution in [0.2, 0.25) is 0 Å². The van der Waals surface area contributed by atoms with Crippen molar-refractivity contribution in [2.24, 2.45) is 5.92 Å². The number of fused-ring (bicyclic) bond motifs is 5. The van der Waals surface area contributed by atoms with Crippen LogP contribution >= 0.6 is 0 Å².